The SMILES string of the molecule is CCOc1ccc2cc(-c3cnc(Cl)cc3C#N)ccc2c1. The van der Waals surface area contributed by atoms with Crippen molar-refractivity contribution in [3.63, 3.8) is 0 Å². The number of aromatic nitrogens is 1. The molecule has 3 aromatic rings. The Hall–Kier alpha value is -2.57. The van der Waals surface area contributed by atoms with Crippen LogP contribution in [-0.2, 0) is 0 Å². The summed E-state index contributed by atoms with van der Waals surface area (Å²) in [6.07, 6.45) is 1.64. The lowest BCUT2D eigenvalue weighted by molar-refractivity contribution is 0.341. The topological polar surface area (TPSA) is 45.9 Å². The summed E-state index contributed by atoms with van der Waals surface area (Å²) in [7, 11) is 0. The summed E-state index contributed by atoms with van der Waals surface area (Å²) in [5, 5.41) is 11.8. The standard InChI is InChI=1S/C18H13ClN2O/c1-2-22-16-6-5-12-7-14(4-3-13(12)8-16)17-11-21-18(19)9-15(17)10-20/h3-9,11H,2H2,1H3. The van der Waals surface area contributed by atoms with E-state index in [1.165, 1.54) is 0 Å². The first-order valence-corrected chi connectivity index (χ1v) is 7.31. The Labute approximate surface area is 133 Å². The molecule has 0 bridgehead atoms. The van der Waals surface area contributed by atoms with Crippen molar-refractivity contribution in [3.8, 4) is 22.9 Å². The second kappa shape index (κ2) is 6.05. The van der Waals surface area contributed by atoms with Crippen LogP contribution >= 0.6 is 11.6 Å². The summed E-state index contributed by atoms with van der Waals surface area (Å²) in [4.78, 5) is 4.08. The van der Waals surface area contributed by atoms with Crippen molar-refractivity contribution in [3.05, 3.63) is 59.4 Å². The smallest absolute Gasteiger partial charge is 0.130 e. The van der Waals surface area contributed by atoms with E-state index in [0.717, 1.165) is 27.6 Å². The molecule has 0 fully saturated rings. The Balaban J connectivity index is 2.10. The van der Waals surface area contributed by atoms with Gasteiger partial charge in [0, 0.05) is 11.8 Å². The van der Waals surface area contributed by atoms with Crippen LogP contribution in [0.1, 0.15) is 12.5 Å². The lowest BCUT2D eigenvalue weighted by Crippen LogP contribution is -1.91. The average Bonchev–Trinajstić information content (AvgIpc) is 2.54. The zero-order valence-corrected chi connectivity index (χ0v) is 12.8. The predicted octanol–water partition coefficient (Wildman–Crippen LogP) is 4.83. The van der Waals surface area contributed by atoms with E-state index in [-0.39, 0.29) is 0 Å². The quantitative estimate of drug-likeness (QED) is 0.651. The summed E-state index contributed by atoms with van der Waals surface area (Å²) in [6, 6.07) is 15.7. The molecule has 0 amide bonds. The molecule has 1 heterocycles. The summed E-state index contributed by atoms with van der Waals surface area (Å²) in [5.74, 6) is 0.855. The van der Waals surface area contributed by atoms with Gasteiger partial charge in [0.05, 0.1) is 18.2 Å². The molecule has 0 aliphatic heterocycles. The number of nitrogens with zero attached hydrogens (tertiary/aromatic N) is 2. The average molecular weight is 309 g/mol. The molecule has 108 valence electrons. The van der Waals surface area contributed by atoms with Crippen molar-refractivity contribution in [2.24, 2.45) is 0 Å². The van der Waals surface area contributed by atoms with Gasteiger partial charge in [0.15, 0.2) is 0 Å². The minimum absolute atomic E-state index is 0.322. The number of nitriles is 1. The van der Waals surface area contributed by atoms with Crippen molar-refractivity contribution in [2.75, 3.05) is 6.61 Å². The van der Waals surface area contributed by atoms with Crippen LogP contribution in [0.3, 0.4) is 0 Å². The van der Waals surface area contributed by atoms with Crippen LogP contribution in [0.15, 0.2) is 48.7 Å². The summed E-state index contributed by atoms with van der Waals surface area (Å²) < 4.78 is 5.51. The fraction of sp³-hybridized carbons (Fsp3) is 0.111. The molecular weight excluding hydrogens is 296 g/mol. The Morgan fingerprint density at radius 2 is 1.91 bits per heavy atom. The van der Waals surface area contributed by atoms with Gasteiger partial charge in [0.25, 0.3) is 0 Å². The summed E-state index contributed by atoms with van der Waals surface area (Å²) >= 11 is 5.85. The number of fused-ring (bicyclic) bond motifs is 1. The molecule has 0 atom stereocenters. The van der Waals surface area contributed by atoms with Gasteiger partial charge in [-0.3, -0.25) is 0 Å². The number of pyridine rings is 1. The molecule has 0 spiro atoms. The lowest BCUT2D eigenvalue weighted by Gasteiger charge is -2.08. The summed E-state index contributed by atoms with van der Waals surface area (Å²) in [5.41, 5.74) is 2.24. The second-order valence-corrected chi connectivity index (χ2v) is 5.21. The van der Waals surface area contributed by atoms with Crippen LogP contribution in [0.4, 0.5) is 0 Å². The monoisotopic (exact) mass is 308 g/mol. The Kier molecular flexibility index (Phi) is 3.95. The first-order chi connectivity index (χ1) is 10.7. The third kappa shape index (κ3) is 2.74. The molecule has 0 saturated heterocycles. The van der Waals surface area contributed by atoms with Crippen molar-refractivity contribution in [1.82, 2.24) is 4.98 Å². The van der Waals surface area contributed by atoms with Crippen molar-refractivity contribution in [1.29, 1.82) is 5.26 Å². The zero-order chi connectivity index (χ0) is 15.5. The normalized spacial score (nSPS) is 10.4. The molecule has 0 saturated carbocycles. The molecule has 0 aliphatic carbocycles. The van der Waals surface area contributed by atoms with E-state index >= 15 is 0 Å². The zero-order valence-electron chi connectivity index (χ0n) is 12.0. The van der Waals surface area contributed by atoms with Gasteiger partial charge in [-0.1, -0.05) is 29.8 Å². The van der Waals surface area contributed by atoms with E-state index in [9.17, 15) is 5.26 Å². The van der Waals surface area contributed by atoms with Gasteiger partial charge in [0.2, 0.25) is 0 Å². The highest BCUT2D eigenvalue weighted by atomic mass is 35.5. The maximum absolute atomic E-state index is 9.26. The van der Waals surface area contributed by atoms with Crippen molar-refractivity contribution in [2.45, 2.75) is 6.92 Å². The minimum atomic E-state index is 0.322. The van der Waals surface area contributed by atoms with E-state index in [0.29, 0.717) is 17.3 Å². The molecule has 0 aliphatic rings. The number of halogens is 1. The van der Waals surface area contributed by atoms with Gasteiger partial charge >= 0.3 is 0 Å². The van der Waals surface area contributed by atoms with Crippen LogP contribution in [0.25, 0.3) is 21.9 Å². The van der Waals surface area contributed by atoms with Gasteiger partial charge in [0.1, 0.15) is 10.9 Å². The number of benzene rings is 2. The molecule has 3 rings (SSSR count). The highest BCUT2D eigenvalue weighted by Gasteiger charge is 2.08. The first kappa shape index (κ1) is 14.4. The fourth-order valence-corrected chi connectivity index (χ4v) is 2.56. The minimum Gasteiger partial charge on any atom is -0.494 e. The largest absolute Gasteiger partial charge is 0.494 e. The second-order valence-electron chi connectivity index (χ2n) is 4.82. The van der Waals surface area contributed by atoms with E-state index in [1.807, 2.05) is 43.3 Å². The number of rotatable bonds is 3. The van der Waals surface area contributed by atoms with Crippen LogP contribution < -0.4 is 4.74 Å². The predicted molar refractivity (Wildman–Crippen MR) is 88.1 cm³/mol. The Morgan fingerprint density at radius 3 is 2.68 bits per heavy atom. The third-order valence-corrected chi connectivity index (χ3v) is 3.63. The van der Waals surface area contributed by atoms with Crippen LogP contribution in [0.2, 0.25) is 5.15 Å². The maximum atomic E-state index is 9.26. The Bertz CT molecular complexity index is 884. The molecule has 1 aromatic heterocycles. The van der Waals surface area contributed by atoms with Gasteiger partial charge in [-0.05, 0) is 47.5 Å². The highest BCUT2D eigenvalue weighted by Crippen LogP contribution is 2.29. The van der Waals surface area contributed by atoms with Gasteiger partial charge in [-0.25, -0.2) is 4.98 Å². The summed E-state index contributed by atoms with van der Waals surface area (Å²) in [6.45, 7) is 2.61. The van der Waals surface area contributed by atoms with Crippen molar-refractivity contribution < 1.29 is 4.74 Å². The molecule has 0 unspecified atom stereocenters. The Morgan fingerprint density at radius 1 is 1.14 bits per heavy atom. The van der Waals surface area contributed by atoms with E-state index in [2.05, 4.69) is 11.1 Å². The highest BCUT2D eigenvalue weighted by molar-refractivity contribution is 6.29. The molecule has 2 aromatic carbocycles. The molecule has 0 N–H and O–H groups in total. The third-order valence-electron chi connectivity index (χ3n) is 3.42. The van der Waals surface area contributed by atoms with Crippen LogP contribution in [0, 0.1) is 11.3 Å². The molecular formula is C18H13ClN2O. The van der Waals surface area contributed by atoms with Gasteiger partial charge < -0.3 is 4.74 Å². The molecule has 22 heavy (non-hydrogen) atoms. The fourth-order valence-electron chi connectivity index (χ4n) is 2.40. The van der Waals surface area contributed by atoms with Gasteiger partial charge in [-0.15, -0.1) is 0 Å². The van der Waals surface area contributed by atoms with Gasteiger partial charge in [-0.2, -0.15) is 5.26 Å². The molecule has 4 heteroatoms. The first-order valence-electron chi connectivity index (χ1n) is 6.94. The maximum Gasteiger partial charge on any atom is 0.130 e. The lowest BCUT2D eigenvalue weighted by atomic mass is 9.99. The number of hydrogen-bond donors (Lipinski definition) is 0. The number of ether oxygens (including phenoxy) is 1. The number of hydrogen-bond acceptors (Lipinski definition) is 3. The van der Waals surface area contributed by atoms with Crippen molar-refractivity contribution >= 4 is 22.4 Å². The van der Waals surface area contributed by atoms with E-state index < -0.39 is 0 Å². The molecule has 3 nitrogen and oxygen atoms in total. The molecule has 0 radical (unpaired) electrons. The van der Waals surface area contributed by atoms with Crippen LogP contribution in [0.5, 0.6) is 5.75 Å². The van der Waals surface area contributed by atoms with Crippen LogP contribution in [-0.4, -0.2) is 11.6 Å². The van der Waals surface area contributed by atoms with E-state index in [1.54, 1.807) is 12.3 Å². The van der Waals surface area contributed by atoms with E-state index in [4.69, 9.17) is 16.3 Å².